The van der Waals surface area contributed by atoms with Crippen molar-refractivity contribution in [1.29, 1.82) is 0 Å². The van der Waals surface area contributed by atoms with Crippen LogP contribution in [0.2, 0.25) is 0 Å². The van der Waals surface area contributed by atoms with Gasteiger partial charge in [-0.2, -0.15) is 0 Å². The van der Waals surface area contributed by atoms with Crippen LogP contribution in [0.1, 0.15) is 6.42 Å². The summed E-state index contributed by atoms with van der Waals surface area (Å²) in [5.41, 5.74) is 0. The molecule has 2 heterocycles. The Morgan fingerprint density at radius 3 is 2.93 bits per heavy atom. The molecule has 0 aliphatic carbocycles. The summed E-state index contributed by atoms with van der Waals surface area (Å²) in [5, 5.41) is 6.36. The summed E-state index contributed by atoms with van der Waals surface area (Å²) in [7, 11) is 0. The second-order valence-electron chi connectivity index (χ2n) is 3.46. The number of hydrogen-bond donors (Lipinski definition) is 2. The molecule has 1 aromatic heterocycles. The minimum atomic E-state index is -0.405. The van der Waals surface area contributed by atoms with Crippen molar-refractivity contribution in [1.82, 2.24) is 15.3 Å². The smallest absolute Gasteiger partial charge is 0.222 e. The molecule has 4 nitrogen and oxygen atoms in total. The van der Waals surface area contributed by atoms with Gasteiger partial charge in [-0.15, -0.1) is 0 Å². The van der Waals surface area contributed by atoms with Crippen LogP contribution in [0, 0.1) is 11.7 Å². The second kappa shape index (κ2) is 4.32. The van der Waals surface area contributed by atoms with E-state index in [1.54, 1.807) is 0 Å². The highest BCUT2D eigenvalue weighted by molar-refractivity contribution is 5.22. The minimum Gasteiger partial charge on any atom is -0.354 e. The van der Waals surface area contributed by atoms with E-state index in [2.05, 4.69) is 20.6 Å². The summed E-state index contributed by atoms with van der Waals surface area (Å²) < 4.78 is 12.5. The molecule has 0 unspecified atom stereocenters. The zero-order chi connectivity index (χ0) is 9.80. The molecule has 76 valence electrons. The van der Waals surface area contributed by atoms with E-state index in [1.807, 2.05) is 0 Å². The van der Waals surface area contributed by atoms with E-state index in [0.717, 1.165) is 19.6 Å². The van der Waals surface area contributed by atoms with E-state index in [4.69, 9.17) is 0 Å². The third kappa shape index (κ3) is 2.38. The topological polar surface area (TPSA) is 49.8 Å². The van der Waals surface area contributed by atoms with Crippen molar-refractivity contribution in [3.05, 3.63) is 18.2 Å². The maximum Gasteiger partial charge on any atom is 0.222 e. The zero-order valence-electron chi connectivity index (χ0n) is 7.83. The van der Waals surface area contributed by atoms with Gasteiger partial charge in [0.15, 0.2) is 5.82 Å². The van der Waals surface area contributed by atoms with Gasteiger partial charge in [0.25, 0.3) is 0 Å². The van der Waals surface area contributed by atoms with E-state index in [9.17, 15) is 4.39 Å². The molecule has 0 saturated carbocycles. The second-order valence-corrected chi connectivity index (χ2v) is 3.46. The predicted molar refractivity (Wildman–Crippen MR) is 51.5 cm³/mol. The van der Waals surface area contributed by atoms with Crippen LogP contribution >= 0.6 is 0 Å². The van der Waals surface area contributed by atoms with Gasteiger partial charge in [-0.3, -0.25) is 0 Å². The first kappa shape index (κ1) is 9.33. The van der Waals surface area contributed by atoms with Crippen molar-refractivity contribution >= 4 is 5.95 Å². The molecule has 0 spiro atoms. The molecule has 0 amide bonds. The molecule has 1 aromatic rings. The standard InChI is InChI=1S/C9H13FN4/c10-8-5-13-9(14-6-8)12-4-7-1-2-11-3-7/h5-7,11H,1-4H2,(H,12,13,14)/t7-/m0/s1. The maximum absolute atomic E-state index is 12.5. The summed E-state index contributed by atoms with van der Waals surface area (Å²) >= 11 is 0. The van der Waals surface area contributed by atoms with Gasteiger partial charge < -0.3 is 10.6 Å². The SMILES string of the molecule is Fc1cnc(NC[C@H]2CCNC2)nc1. The van der Waals surface area contributed by atoms with Crippen molar-refractivity contribution < 1.29 is 4.39 Å². The van der Waals surface area contributed by atoms with Crippen LogP contribution in [0.4, 0.5) is 10.3 Å². The summed E-state index contributed by atoms with van der Waals surface area (Å²) in [4.78, 5) is 7.64. The number of nitrogens with one attached hydrogen (secondary N) is 2. The van der Waals surface area contributed by atoms with Gasteiger partial charge >= 0.3 is 0 Å². The largest absolute Gasteiger partial charge is 0.354 e. The van der Waals surface area contributed by atoms with Gasteiger partial charge in [-0.25, -0.2) is 14.4 Å². The molecule has 14 heavy (non-hydrogen) atoms. The Morgan fingerprint density at radius 1 is 1.50 bits per heavy atom. The van der Waals surface area contributed by atoms with Crippen LogP contribution in [0.25, 0.3) is 0 Å². The molecular weight excluding hydrogens is 183 g/mol. The van der Waals surface area contributed by atoms with Crippen LogP contribution in [0.15, 0.2) is 12.4 Å². The average molecular weight is 196 g/mol. The lowest BCUT2D eigenvalue weighted by atomic mass is 10.1. The summed E-state index contributed by atoms with van der Waals surface area (Å²) in [6.45, 7) is 2.96. The van der Waals surface area contributed by atoms with E-state index in [1.165, 1.54) is 18.8 Å². The molecule has 1 aliphatic rings. The summed E-state index contributed by atoms with van der Waals surface area (Å²) in [5.74, 6) is 0.722. The highest BCUT2D eigenvalue weighted by atomic mass is 19.1. The minimum absolute atomic E-state index is 0.405. The van der Waals surface area contributed by atoms with Gasteiger partial charge in [0.1, 0.15) is 0 Å². The van der Waals surface area contributed by atoms with Crippen molar-refractivity contribution in [2.24, 2.45) is 5.92 Å². The summed E-state index contributed by atoms with van der Waals surface area (Å²) in [6, 6.07) is 0. The first-order valence-electron chi connectivity index (χ1n) is 4.77. The van der Waals surface area contributed by atoms with Gasteiger partial charge in [0.05, 0.1) is 12.4 Å². The molecule has 1 fully saturated rings. The lowest BCUT2D eigenvalue weighted by molar-refractivity contribution is 0.603. The molecule has 1 atom stereocenters. The third-order valence-electron chi connectivity index (χ3n) is 2.33. The number of anilines is 1. The molecule has 0 aromatic carbocycles. The average Bonchev–Trinajstić information content (AvgIpc) is 2.70. The van der Waals surface area contributed by atoms with E-state index in [0.29, 0.717) is 11.9 Å². The molecular formula is C9H13FN4. The quantitative estimate of drug-likeness (QED) is 0.744. The molecule has 0 bridgehead atoms. The molecule has 1 saturated heterocycles. The number of hydrogen-bond acceptors (Lipinski definition) is 4. The van der Waals surface area contributed by atoms with Gasteiger partial charge in [0, 0.05) is 6.54 Å². The lowest BCUT2D eigenvalue weighted by Crippen LogP contribution is -2.18. The number of aromatic nitrogens is 2. The Bertz CT molecular complexity index is 281. The summed E-state index contributed by atoms with van der Waals surface area (Å²) in [6.07, 6.45) is 3.51. The van der Waals surface area contributed by atoms with E-state index < -0.39 is 5.82 Å². The van der Waals surface area contributed by atoms with Crippen LogP contribution in [0.3, 0.4) is 0 Å². The molecule has 2 rings (SSSR count). The van der Waals surface area contributed by atoms with Crippen LogP contribution < -0.4 is 10.6 Å². The van der Waals surface area contributed by atoms with Gasteiger partial charge in [-0.1, -0.05) is 0 Å². The third-order valence-corrected chi connectivity index (χ3v) is 2.33. The highest BCUT2D eigenvalue weighted by Crippen LogP contribution is 2.08. The Balaban J connectivity index is 1.82. The Hall–Kier alpha value is -1.23. The Labute approximate surface area is 82.0 Å². The lowest BCUT2D eigenvalue weighted by Gasteiger charge is -2.08. The first-order valence-corrected chi connectivity index (χ1v) is 4.77. The fourth-order valence-corrected chi connectivity index (χ4v) is 1.53. The van der Waals surface area contributed by atoms with Crippen molar-refractivity contribution in [2.45, 2.75) is 6.42 Å². The fourth-order valence-electron chi connectivity index (χ4n) is 1.53. The number of rotatable bonds is 3. The predicted octanol–water partition coefficient (Wildman–Crippen LogP) is 0.637. The van der Waals surface area contributed by atoms with Crippen LogP contribution in [-0.4, -0.2) is 29.6 Å². The Morgan fingerprint density at radius 2 is 2.29 bits per heavy atom. The molecule has 5 heteroatoms. The zero-order valence-corrected chi connectivity index (χ0v) is 7.83. The van der Waals surface area contributed by atoms with Crippen LogP contribution in [-0.2, 0) is 0 Å². The van der Waals surface area contributed by atoms with Crippen LogP contribution in [0.5, 0.6) is 0 Å². The number of nitrogens with zero attached hydrogens (tertiary/aromatic N) is 2. The van der Waals surface area contributed by atoms with Crippen molar-refractivity contribution in [3.63, 3.8) is 0 Å². The first-order chi connectivity index (χ1) is 6.84. The van der Waals surface area contributed by atoms with E-state index >= 15 is 0 Å². The number of halogens is 1. The normalized spacial score (nSPS) is 21.1. The molecule has 0 radical (unpaired) electrons. The highest BCUT2D eigenvalue weighted by Gasteiger charge is 2.13. The molecule has 2 N–H and O–H groups in total. The van der Waals surface area contributed by atoms with Crippen molar-refractivity contribution in [3.8, 4) is 0 Å². The van der Waals surface area contributed by atoms with Crippen molar-refractivity contribution in [2.75, 3.05) is 25.0 Å². The Kier molecular flexibility index (Phi) is 2.88. The van der Waals surface area contributed by atoms with Gasteiger partial charge in [0.2, 0.25) is 5.95 Å². The molecule has 1 aliphatic heterocycles. The van der Waals surface area contributed by atoms with E-state index in [-0.39, 0.29) is 0 Å². The maximum atomic E-state index is 12.5. The van der Waals surface area contributed by atoms with Gasteiger partial charge in [-0.05, 0) is 25.4 Å². The fraction of sp³-hybridized carbons (Fsp3) is 0.556. The monoisotopic (exact) mass is 196 g/mol.